The molecule has 0 aliphatic carbocycles. The zero-order chi connectivity index (χ0) is 16.0. The zero-order valence-corrected chi connectivity index (χ0v) is 12.5. The smallest absolute Gasteiger partial charge is 0.258 e. The van der Waals surface area contributed by atoms with Crippen molar-refractivity contribution in [3.63, 3.8) is 0 Å². The first-order chi connectivity index (χ1) is 9.93. The molecular weight excluding hydrogens is 340 g/mol. The average molecular weight is 345 g/mol. The molecule has 1 rings (SSSR count). The van der Waals surface area contributed by atoms with Gasteiger partial charge in [0.1, 0.15) is 21.4 Å². The molecule has 0 spiro atoms. The topological polar surface area (TPSA) is 134 Å². The lowest BCUT2D eigenvalue weighted by Crippen LogP contribution is -2.03. The molecule has 0 radical (unpaired) electrons. The maximum Gasteiger partial charge on any atom is 0.299 e. The Bertz CT molecular complexity index is 683. The Hall–Kier alpha value is -2.01. The lowest BCUT2D eigenvalue weighted by molar-refractivity contribution is -0.395. The van der Waals surface area contributed by atoms with E-state index in [9.17, 15) is 20.2 Å². The van der Waals surface area contributed by atoms with E-state index in [1.165, 1.54) is 0 Å². The van der Waals surface area contributed by atoms with E-state index in [1.54, 1.807) is 10.8 Å². The molecule has 11 heteroatoms. The summed E-state index contributed by atoms with van der Waals surface area (Å²) in [5.74, 6) is -0.239. The lowest BCUT2D eigenvalue weighted by atomic mass is 10.1. The summed E-state index contributed by atoms with van der Waals surface area (Å²) in [7, 11) is 0. The third kappa shape index (κ3) is 3.98. The normalized spacial score (nSPS) is 9.67. The van der Waals surface area contributed by atoms with Gasteiger partial charge in [-0.05, 0) is 29.1 Å². The number of thioether (sulfide) groups is 2. The largest absolute Gasteiger partial charge is 0.299 e. The van der Waals surface area contributed by atoms with Gasteiger partial charge in [-0.1, -0.05) is 11.6 Å². The van der Waals surface area contributed by atoms with Crippen LogP contribution in [-0.2, 0) is 11.5 Å². The summed E-state index contributed by atoms with van der Waals surface area (Å²) in [4.78, 5) is 20.6. The van der Waals surface area contributed by atoms with Gasteiger partial charge in [-0.2, -0.15) is 10.5 Å². The molecule has 8 nitrogen and oxygen atoms in total. The van der Waals surface area contributed by atoms with Crippen LogP contribution in [0, 0.1) is 41.6 Å². The molecule has 0 aliphatic rings. The SMILES string of the molecule is N#CSCc1cc([N+](=O)[O-])c(CSC#N)c([N+](=O)[O-])c1Cl. The number of hydrogen-bond donors (Lipinski definition) is 0. The third-order valence-corrected chi connectivity index (χ3v) is 3.92. The second-order valence-electron chi connectivity index (χ2n) is 3.47. The van der Waals surface area contributed by atoms with E-state index in [0.717, 1.165) is 17.8 Å². The summed E-state index contributed by atoms with van der Waals surface area (Å²) >= 11 is 7.32. The van der Waals surface area contributed by atoms with Crippen molar-refractivity contribution in [3.05, 3.63) is 42.4 Å². The molecule has 0 bridgehead atoms. The molecule has 0 amide bonds. The summed E-state index contributed by atoms with van der Waals surface area (Å²) < 4.78 is 0. The predicted molar refractivity (Wildman–Crippen MR) is 78.6 cm³/mol. The number of nitrogens with zero attached hydrogens (tertiary/aromatic N) is 4. The number of thiocyanates is 2. The molecular formula is C10H5ClN4O4S2. The van der Waals surface area contributed by atoms with Gasteiger partial charge in [0.15, 0.2) is 0 Å². The van der Waals surface area contributed by atoms with Gasteiger partial charge in [0.25, 0.3) is 11.4 Å². The van der Waals surface area contributed by atoms with Crippen LogP contribution in [0.1, 0.15) is 11.1 Å². The first-order valence-corrected chi connectivity index (χ1v) is 7.43. The van der Waals surface area contributed by atoms with Crippen LogP contribution in [0.3, 0.4) is 0 Å². The van der Waals surface area contributed by atoms with Gasteiger partial charge in [0.05, 0.1) is 9.85 Å². The number of halogens is 1. The van der Waals surface area contributed by atoms with Crippen LogP contribution in [0.15, 0.2) is 6.07 Å². The molecule has 0 atom stereocenters. The van der Waals surface area contributed by atoms with Crippen LogP contribution in [0.5, 0.6) is 0 Å². The summed E-state index contributed by atoms with van der Waals surface area (Å²) in [5, 5.41) is 42.5. The minimum Gasteiger partial charge on any atom is -0.258 e. The third-order valence-electron chi connectivity index (χ3n) is 2.35. The van der Waals surface area contributed by atoms with Crippen LogP contribution in [0.4, 0.5) is 11.4 Å². The van der Waals surface area contributed by atoms with Gasteiger partial charge >= 0.3 is 0 Å². The zero-order valence-electron chi connectivity index (χ0n) is 10.1. The van der Waals surface area contributed by atoms with E-state index in [4.69, 9.17) is 22.1 Å². The van der Waals surface area contributed by atoms with Crippen molar-refractivity contribution in [2.45, 2.75) is 11.5 Å². The maximum atomic E-state index is 11.1. The Morgan fingerprint density at radius 2 is 1.71 bits per heavy atom. The Balaban J connectivity index is 3.57. The molecule has 0 aliphatic heterocycles. The molecule has 0 saturated heterocycles. The van der Waals surface area contributed by atoms with Crippen LogP contribution in [0.25, 0.3) is 0 Å². The fraction of sp³-hybridized carbons (Fsp3) is 0.200. The molecule has 0 aromatic heterocycles. The van der Waals surface area contributed by atoms with Gasteiger partial charge in [0.2, 0.25) is 0 Å². The average Bonchev–Trinajstić information content (AvgIpc) is 2.42. The van der Waals surface area contributed by atoms with E-state index in [0.29, 0.717) is 11.8 Å². The first kappa shape index (κ1) is 17.0. The van der Waals surface area contributed by atoms with Crippen LogP contribution >= 0.6 is 35.1 Å². The Labute approximate surface area is 132 Å². The lowest BCUT2D eigenvalue weighted by Gasteiger charge is -2.08. The van der Waals surface area contributed by atoms with Crippen molar-refractivity contribution in [2.75, 3.05) is 0 Å². The van der Waals surface area contributed by atoms with Gasteiger partial charge in [0, 0.05) is 17.6 Å². The first-order valence-electron chi connectivity index (χ1n) is 5.08. The quantitative estimate of drug-likeness (QED) is 0.434. The molecule has 0 heterocycles. The second kappa shape index (κ2) is 7.69. The number of nitro groups is 2. The highest BCUT2D eigenvalue weighted by Crippen LogP contribution is 2.41. The van der Waals surface area contributed by atoms with Crippen LogP contribution < -0.4 is 0 Å². The second-order valence-corrected chi connectivity index (χ2v) is 5.37. The molecule has 0 saturated carbocycles. The monoisotopic (exact) mass is 344 g/mol. The van der Waals surface area contributed by atoms with Gasteiger partial charge in [-0.3, -0.25) is 20.2 Å². The summed E-state index contributed by atoms with van der Waals surface area (Å²) in [6.45, 7) is 0. The molecule has 0 N–H and O–H groups in total. The highest BCUT2D eigenvalue weighted by molar-refractivity contribution is 8.03. The summed E-state index contributed by atoms with van der Waals surface area (Å²) in [6.07, 6.45) is 0. The molecule has 21 heavy (non-hydrogen) atoms. The van der Waals surface area contributed by atoms with Crippen molar-refractivity contribution in [1.29, 1.82) is 10.5 Å². The van der Waals surface area contributed by atoms with Gasteiger partial charge < -0.3 is 0 Å². The van der Waals surface area contributed by atoms with E-state index >= 15 is 0 Å². The Morgan fingerprint density at radius 1 is 1.14 bits per heavy atom. The Morgan fingerprint density at radius 3 is 2.19 bits per heavy atom. The molecule has 0 unspecified atom stereocenters. The predicted octanol–water partition coefficient (Wildman–Crippen LogP) is 3.58. The number of nitriles is 2. The standard InChI is InChI=1S/C10H5ClN4O4S2/c11-9-6(2-20-4-12)1-8(14(16)17)7(3-21-5-13)10(9)15(18)19/h1H,2-3H2. The van der Waals surface area contributed by atoms with Crippen molar-refractivity contribution in [1.82, 2.24) is 0 Å². The van der Waals surface area contributed by atoms with Crippen molar-refractivity contribution < 1.29 is 9.85 Å². The van der Waals surface area contributed by atoms with Crippen LogP contribution in [0.2, 0.25) is 5.02 Å². The minimum atomic E-state index is -0.816. The fourth-order valence-corrected chi connectivity index (χ4v) is 2.86. The van der Waals surface area contributed by atoms with Gasteiger partial charge in [-0.15, -0.1) is 0 Å². The van der Waals surface area contributed by atoms with E-state index in [2.05, 4.69) is 0 Å². The summed E-state index contributed by atoms with van der Waals surface area (Å²) in [6, 6.07) is 1.10. The fourth-order valence-electron chi connectivity index (χ4n) is 1.54. The maximum absolute atomic E-state index is 11.1. The van der Waals surface area contributed by atoms with Gasteiger partial charge in [-0.25, -0.2) is 0 Å². The molecule has 1 aromatic carbocycles. The van der Waals surface area contributed by atoms with E-state index in [1.807, 2.05) is 0 Å². The Kier molecular flexibility index (Phi) is 6.24. The number of rotatable bonds is 6. The summed E-state index contributed by atoms with van der Waals surface area (Å²) in [5.41, 5.74) is -1.16. The highest BCUT2D eigenvalue weighted by atomic mass is 35.5. The van der Waals surface area contributed by atoms with E-state index < -0.39 is 21.2 Å². The number of nitro benzene ring substituents is 2. The molecule has 108 valence electrons. The minimum absolute atomic E-state index is 0.0112. The molecule has 0 fully saturated rings. The highest BCUT2D eigenvalue weighted by Gasteiger charge is 2.31. The number of benzene rings is 1. The van der Waals surface area contributed by atoms with Crippen molar-refractivity contribution in [3.8, 4) is 10.8 Å². The van der Waals surface area contributed by atoms with E-state index in [-0.39, 0.29) is 27.7 Å². The van der Waals surface area contributed by atoms with Crippen LogP contribution in [-0.4, -0.2) is 9.85 Å². The van der Waals surface area contributed by atoms with Crippen molar-refractivity contribution in [2.24, 2.45) is 0 Å². The molecule has 1 aromatic rings. The number of hydrogen-bond acceptors (Lipinski definition) is 8. The van der Waals surface area contributed by atoms with Crippen molar-refractivity contribution >= 4 is 46.5 Å².